The third kappa shape index (κ3) is 2.25. The minimum Gasteiger partial charge on any atom is -0.505 e. The van der Waals surface area contributed by atoms with Gasteiger partial charge in [-0.3, -0.25) is 4.98 Å². The maximum atomic E-state index is 10.9. The van der Waals surface area contributed by atoms with E-state index in [9.17, 15) is 9.90 Å². The number of benzene rings is 1. The van der Waals surface area contributed by atoms with E-state index in [2.05, 4.69) is 4.98 Å². The van der Waals surface area contributed by atoms with Crippen LogP contribution in [0.2, 0.25) is 0 Å². The Morgan fingerprint density at radius 3 is 2.71 bits per heavy atom. The molecule has 0 aliphatic heterocycles. The van der Waals surface area contributed by atoms with Crippen molar-refractivity contribution in [3.8, 4) is 17.0 Å². The minimum absolute atomic E-state index is 0.142. The number of rotatable bonds is 2. The topological polar surface area (TPSA) is 70.4 Å². The van der Waals surface area contributed by atoms with Crippen LogP contribution in [0.25, 0.3) is 11.3 Å². The minimum atomic E-state index is -1.17. The van der Waals surface area contributed by atoms with Crippen molar-refractivity contribution in [1.82, 2.24) is 4.98 Å². The Kier molecular flexibility index (Phi) is 2.78. The van der Waals surface area contributed by atoms with Gasteiger partial charge >= 0.3 is 5.97 Å². The molecule has 0 aliphatic rings. The summed E-state index contributed by atoms with van der Waals surface area (Å²) in [7, 11) is 0. The lowest BCUT2D eigenvalue weighted by molar-refractivity contribution is 0.0693. The monoisotopic (exact) mass is 229 g/mol. The molecule has 0 spiro atoms. The summed E-state index contributed by atoms with van der Waals surface area (Å²) in [5, 5.41) is 18.3. The number of nitrogens with zero attached hydrogens (tertiary/aromatic N) is 1. The highest BCUT2D eigenvalue weighted by Crippen LogP contribution is 2.23. The SMILES string of the molecule is Cc1cccc(-c2cc(C(=O)O)c(O)cn2)c1. The third-order valence-corrected chi connectivity index (χ3v) is 2.43. The Balaban J connectivity index is 2.54. The molecule has 0 amide bonds. The molecule has 0 saturated heterocycles. The molecule has 0 radical (unpaired) electrons. The molecule has 17 heavy (non-hydrogen) atoms. The molecule has 4 heteroatoms. The number of pyridine rings is 1. The van der Waals surface area contributed by atoms with Crippen LogP contribution in [0.5, 0.6) is 5.75 Å². The number of hydrogen-bond acceptors (Lipinski definition) is 3. The maximum Gasteiger partial charge on any atom is 0.339 e. The van der Waals surface area contributed by atoms with Gasteiger partial charge in [0.25, 0.3) is 0 Å². The van der Waals surface area contributed by atoms with E-state index in [-0.39, 0.29) is 11.3 Å². The molecular weight excluding hydrogens is 218 g/mol. The van der Waals surface area contributed by atoms with Gasteiger partial charge in [0.2, 0.25) is 0 Å². The second kappa shape index (κ2) is 4.25. The second-order valence-corrected chi connectivity index (χ2v) is 3.76. The molecule has 4 nitrogen and oxygen atoms in total. The number of carboxylic acids is 1. The summed E-state index contributed by atoms with van der Waals surface area (Å²) in [5.41, 5.74) is 2.28. The van der Waals surface area contributed by atoms with Gasteiger partial charge in [-0.1, -0.05) is 23.8 Å². The molecule has 0 unspecified atom stereocenters. The van der Waals surface area contributed by atoms with Crippen LogP contribution in [0.4, 0.5) is 0 Å². The third-order valence-electron chi connectivity index (χ3n) is 2.43. The summed E-state index contributed by atoms with van der Waals surface area (Å²) in [6.07, 6.45) is 1.15. The lowest BCUT2D eigenvalue weighted by Gasteiger charge is -2.04. The molecule has 0 saturated carbocycles. The average molecular weight is 229 g/mol. The first-order valence-corrected chi connectivity index (χ1v) is 5.07. The largest absolute Gasteiger partial charge is 0.505 e. The summed E-state index contributed by atoms with van der Waals surface area (Å²) in [6, 6.07) is 8.94. The molecule has 0 aliphatic carbocycles. The van der Waals surface area contributed by atoms with E-state index >= 15 is 0 Å². The first-order valence-electron chi connectivity index (χ1n) is 5.07. The number of hydrogen-bond donors (Lipinski definition) is 2. The smallest absolute Gasteiger partial charge is 0.339 e. The summed E-state index contributed by atoms with van der Waals surface area (Å²) in [6.45, 7) is 1.95. The second-order valence-electron chi connectivity index (χ2n) is 3.76. The van der Waals surface area contributed by atoms with Crippen molar-refractivity contribution in [2.75, 3.05) is 0 Å². The van der Waals surface area contributed by atoms with Gasteiger partial charge in [0.1, 0.15) is 11.3 Å². The van der Waals surface area contributed by atoms with Crippen LogP contribution in [-0.4, -0.2) is 21.2 Å². The van der Waals surface area contributed by atoms with E-state index in [1.54, 1.807) is 0 Å². The van der Waals surface area contributed by atoms with Crippen LogP contribution < -0.4 is 0 Å². The lowest BCUT2D eigenvalue weighted by atomic mass is 10.1. The van der Waals surface area contributed by atoms with Crippen LogP contribution in [0.1, 0.15) is 15.9 Å². The van der Waals surface area contributed by atoms with Crippen LogP contribution in [0.3, 0.4) is 0 Å². The number of aryl methyl sites for hydroxylation is 1. The van der Waals surface area contributed by atoms with Gasteiger partial charge in [0, 0.05) is 5.56 Å². The van der Waals surface area contributed by atoms with Gasteiger partial charge in [-0.05, 0) is 19.1 Å². The fourth-order valence-corrected chi connectivity index (χ4v) is 1.58. The first-order chi connectivity index (χ1) is 8.08. The van der Waals surface area contributed by atoms with Crippen LogP contribution in [0.15, 0.2) is 36.5 Å². The van der Waals surface area contributed by atoms with Crippen LogP contribution in [-0.2, 0) is 0 Å². The first kappa shape index (κ1) is 11.1. The van der Waals surface area contributed by atoms with Gasteiger partial charge in [0.05, 0.1) is 11.9 Å². The van der Waals surface area contributed by atoms with Crippen molar-refractivity contribution in [2.24, 2.45) is 0 Å². The van der Waals surface area contributed by atoms with Crippen molar-refractivity contribution < 1.29 is 15.0 Å². The quantitative estimate of drug-likeness (QED) is 0.829. The Bertz CT molecular complexity index is 579. The number of aromatic hydroxyl groups is 1. The zero-order chi connectivity index (χ0) is 12.4. The zero-order valence-electron chi connectivity index (χ0n) is 9.21. The van der Waals surface area contributed by atoms with Crippen molar-refractivity contribution in [1.29, 1.82) is 0 Å². The molecule has 1 aromatic carbocycles. The molecule has 2 aromatic rings. The maximum absolute atomic E-state index is 10.9. The van der Waals surface area contributed by atoms with E-state index in [1.807, 2.05) is 31.2 Å². The molecule has 0 atom stereocenters. The highest BCUT2D eigenvalue weighted by Gasteiger charge is 2.11. The fraction of sp³-hybridized carbons (Fsp3) is 0.0769. The van der Waals surface area contributed by atoms with E-state index in [0.29, 0.717) is 5.69 Å². The molecule has 1 aromatic heterocycles. The molecule has 0 fully saturated rings. The number of aromatic carboxylic acids is 1. The summed E-state index contributed by atoms with van der Waals surface area (Å²) in [5.74, 6) is -1.49. The average Bonchev–Trinajstić information content (AvgIpc) is 2.29. The van der Waals surface area contributed by atoms with Gasteiger partial charge in [-0.15, -0.1) is 0 Å². The van der Waals surface area contributed by atoms with Crippen LogP contribution in [0, 0.1) is 6.92 Å². The van der Waals surface area contributed by atoms with Crippen molar-refractivity contribution in [3.05, 3.63) is 47.7 Å². The highest BCUT2D eigenvalue weighted by atomic mass is 16.4. The number of carboxylic acid groups (broad SMARTS) is 1. The van der Waals surface area contributed by atoms with Gasteiger partial charge in [-0.25, -0.2) is 4.79 Å². The molecule has 2 N–H and O–H groups in total. The Hall–Kier alpha value is -2.36. The van der Waals surface area contributed by atoms with E-state index in [4.69, 9.17) is 5.11 Å². The Morgan fingerprint density at radius 2 is 2.06 bits per heavy atom. The summed E-state index contributed by atoms with van der Waals surface area (Å²) in [4.78, 5) is 14.9. The zero-order valence-corrected chi connectivity index (χ0v) is 9.21. The highest BCUT2D eigenvalue weighted by molar-refractivity contribution is 5.91. The predicted molar refractivity (Wildman–Crippen MR) is 63.0 cm³/mol. The van der Waals surface area contributed by atoms with Gasteiger partial charge in [-0.2, -0.15) is 0 Å². The van der Waals surface area contributed by atoms with Gasteiger partial charge < -0.3 is 10.2 Å². The molecule has 86 valence electrons. The molecule has 1 heterocycles. The standard InChI is InChI=1S/C13H11NO3/c1-8-3-2-4-9(5-8)11-6-10(13(16)17)12(15)7-14-11/h2-7,15H,1H3,(H,16,17). The van der Waals surface area contributed by atoms with E-state index in [0.717, 1.165) is 17.3 Å². The fourth-order valence-electron chi connectivity index (χ4n) is 1.58. The molecule has 0 bridgehead atoms. The normalized spacial score (nSPS) is 10.2. The molecule has 2 rings (SSSR count). The summed E-state index contributed by atoms with van der Waals surface area (Å²) >= 11 is 0. The number of carbonyl (C=O) groups is 1. The van der Waals surface area contributed by atoms with Crippen molar-refractivity contribution >= 4 is 5.97 Å². The van der Waals surface area contributed by atoms with E-state index in [1.165, 1.54) is 6.07 Å². The Morgan fingerprint density at radius 1 is 1.29 bits per heavy atom. The predicted octanol–water partition coefficient (Wildman–Crippen LogP) is 2.46. The van der Waals surface area contributed by atoms with Crippen LogP contribution >= 0.6 is 0 Å². The molecular formula is C13H11NO3. The van der Waals surface area contributed by atoms with E-state index < -0.39 is 5.97 Å². The Labute approximate surface area is 98.2 Å². The van der Waals surface area contributed by atoms with Gasteiger partial charge in [0.15, 0.2) is 0 Å². The lowest BCUT2D eigenvalue weighted by Crippen LogP contribution is -1.98. The number of aromatic nitrogens is 1. The summed E-state index contributed by atoms with van der Waals surface area (Å²) < 4.78 is 0. The van der Waals surface area contributed by atoms with Crippen molar-refractivity contribution in [3.63, 3.8) is 0 Å². The van der Waals surface area contributed by atoms with Crippen molar-refractivity contribution in [2.45, 2.75) is 6.92 Å².